The van der Waals surface area contributed by atoms with E-state index in [1.165, 1.54) is 28.4 Å². The van der Waals surface area contributed by atoms with Crippen molar-refractivity contribution in [2.24, 2.45) is 0 Å². The van der Waals surface area contributed by atoms with Crippen molar-refractivity contribution in [1.82, 2.24) is 0 Å². The van der Waals surface area contributed by atoms with E-state index in [2.05, 4.69) is 0 Å². The Hall–Kier alpha value is -0.000130. The Kier molecular flexibility index (Phi) is 8.76. The predicted molar refractivity (Wildman–Crippen MR) is 93.7 cm³/mol. The van der Waals surface area contributed by atoms with Crippen molar-refractivity contribution < 1.29 is 46.9 Å². The van der Waals surface area contributed by atoms with Crippen molar-refractivity contribution in [2.45, 2.75) is 48.6 Å². The van der Waals surface area contributed by atoms with E-state index in [-0.39, 0.29) is 13.2 Å². The molecular formula is C14H25B2O10P. The molecule has 4 radical (unpaired) electrons. The van der Waals surface area contributed by atoms with E-state index in [4.69, 9.17) is 53.2 Å². The van der Waals surface area contributed by atoms with Gasteiger partial charge in [0.2, 0.25) is 0 Å². The van der Waals surface area contributed by atoms with Crippen LogP contribution in [0.5, 0.6) is 0 Å². The molecule has 3 unspecified atom stereocenters. The number of rotatable bonds is 10. The Bertz CT molecular complexity index is 514. The summed E-state index contributed by atoms with van der Waals surface area (Å²) in [7, 11) is 12.9. The fraction of sp³-hybridized carbons (Fsp3) is 1.00. The molecule has 1 N–H and O–H groups in total. The molecule has 0 bridgehead atoms. The standard InChI is InChI=1S/C14H25B2O10P/c1-19-5-7-10(12(22-4)14(16)24-7)26-27(17,18)23-6-8-9(20-2)11(21-3)13(15)25-8/h7-14H,5-6H2,1-4H3,(H,17,18)/t7-,8-,9+,10+,11?,12?,13-,14-/m1/s1. The number of ether oxygens (including phenoxy) is 6. The third kappa shape index (κ3) is 5.54. The second-order valence-corrected chi connectivity index (χ2v) is 7.58. The highest BCUT2D eigenvalue weighted by Crippen LogP contribution is 2.48. The normalized spacial score (nSPS) is 41.7. The average Bonchev–Trinajstić information content (AvgIpc) is 3.08. The maximum atomic E-state index is 12.4. The van der Waals surface area contributed by atoms with Crippen LogP contribution in [-0.2, 0) is 42.0 Å². The van der Waals surface area contributed by atoms with E-state index >= 15 is 0 Å². The molecule has 0 aromatic carbocycles. The molecule has 13 heteroatoms. The lowest BCUT2D eigenvalue weighted by Gasteiger charge is -2.26. The Morgan fingerprint density at radius 3 is 1.81 bits per heavy atom. The van der Waals surface area contributed by atoms with Gasteiger partial charge < -0.3 is 33.3 Å². The quantitative estimate of drug-likeness (QED) is 0.357. The van der Waals surface area contributed by atoms with Gasteiger partial charge in [-0.1, -0.05) is 0 Å². The molecule has 2 aliphatic rings. The number of phosphoric ester groups is 1. The Balaban J connectivity index is 1.98. The number of hydrogen-bond donors (Lipinski definition) is 1. The summed E-state index contributed by atoms with van der Waals surface area (Å²) < 4.78 is 54.5. The van der Waals surface area contributed by atoms with E-state index < -0.39 is 56.5 Å². The Morgan fingerprint density at radius 2 is 1.33 bits per heavy atom. The molecule has 0 aromatic heterocycles. The highest BCUT2D eigenvalue weighted by molar-refractivity contribution is 7.47. The van der Waals surface area contributed by atoms with Gasteiger partial charge in [-0.25, -0.2) is 4.57 Å². The second kappa shape index (κ2) is 10.2. The lowest BCUT2D eigenvalue weighted by Crippen LogP contribution is -2.39. The van der Waals surface area contributed by atoms with Crippen molar-refractivity contribution in [3.05, 3.63) is 0 Å². The second-order valence-electron chi connectivity index (χ2n) is 6.17. The summed E-state index contributed by atoms with van der Waals surface area (Å²) in [5.41, 5.74) is 0. The van der Waals surface area contributed by atoms with Gasteiger partial charge in [0.25, 0.3) is 0 Å². The van der Waals surface area contributed by atoms with Crippen LogP contribution >= 0.6 is 7.82 Å². The van der Waals surface area contributed by atoms with E-state index in [1.54, 1.807) is 0 Å². The molecule has 0 aliphatic carbocycles. The monoisotopic (exact) mass is 406 g/mol. The molecule has 152 valence electrons. The fourth-order valence-corrected chi connectivity index (χ4v) is 4.20. The van der Waals surface area contributed by atoms with E-state index in [0.717, 1.165) is 0 Å². The molecule has 0 amide bonds. The van der Waals surface area contributed by atoms with Gasteiger partial charge in [-0.15, -0.1) is 0 Å². The number of phosphoric acid groups is 1. The van der Waals surface area contributed by atoms with E-state index in [1.807, 2.05) is 0 Å². The summed E-state index contributed by atoms with van der Waals surface area (Å²) in [5.74, 6) is 0. The summed E-state index contributed by atoms with van der Waals surface area (Å²) in [4.78, 5) is 10.1. The predicted octanol–water partition coefficient (Wildman–Crippen LogP) is -1.03. The maximum absolute atomic E-state index is 12.4. The minimum Gasteiger partial charge on any atom is -0.382 e. The zero-order chi connectivity index (χ0) is 20.2. The molecule has 0 spiro atoms. The first-order chi connectivity index (χ1) is 12.8. The number of methoxy groups -OCH3 is 4. The number of hydrogen-bond acceptors (Lipinski definition) is 9. The van der Waals surface area contributed by atoms with Gasteiger partial charge in [-0.3, -0.25) is 9.05 Å². The first-order valence-corrected chi connectivity index (χ1v) is 9.82. The molecule has 9 atom stereocenters. The van der Waals surface area contributed by atoms with Crippen LogP contribution in [0.4, 0.5) is 0 Å². The first kappa shape index (κ1) is 23.3. The van der Waals surface area contributed by atoms with Crippen LogP contribution in [0, 0.1) is 0 Å². The summed E-state index contributed by atoms with van der Waals surface area (Å²) in [5, 5.41) is 0. The van der Waals surface area contributed by atoms with Gasteiger partial charge in [-0.05, 0) is 0 Å². The molecule has 10 nitrogen and oxygen atoms in total. The van der Waals surface area contributed by atoms with Gasteiger partial charge in [-0.2, -0.15) is 0 Å². The van der Waals surface area contributed by atoms with Crippen LogP contribution in [0.25, 0.3) is 0 Å². The minimum atomic E-state index is -4.51. The van der Waals surface area contributed by atoms with Crippen LogP contribution < -0.4 is 0 Å². The zero-order valence-corrected chi connectivity index (χ0v) is 16.7. The highest BCUT2D eigenvalue weighted by atomic mass is 31.2. The minimum absolute atomic E-state index is 0.0973. The van der Waals surface area contributed by atoms with Crippen molar-refractivity contribution in [1.29, 1.82) is 0 Å². The van der Waals surface area contributed by atoms with E-state index in [9.17, 15) is 9.46 Å². The lowest BCUT2D eigenvalue weighted by atomic mass is 9.93. The summed E-state index contributed by atoms with van der Waals surface area (Å²) in [6.07, 6.45) is -4.24. The van der Waals surface area contributed by atoms with Crippen LogP contribution in [0.1, 0.15) is 0 Å². The zero-order valence-electron chi connectivity index (χ0n) is 15.8. The molecule has 0 aromatic rings. The topological polar surface area (TPSA) is 111 Å². The van der Waals surface area contributed by atoms with Crippen LogP contribution in [0.3, 0.4) is 0 Å². The van der Waals surface area contributed by atoms with Crippen molar-refractivity contribution in [2.75, 3.05) is 41.7 Å². The molecule has 2 heterocycles. The van der Waals surface area contributed by atoms with Gasteiger partial charge >= 0.3 is 7.82 Å². The van der Waals surface area contributed by atoms with Crippen LogP contribution in [0.15, 0.2) is 0 Å². The lowest BCUT2D eigenvalue weighted by molar-refractivity contribution is -0.0509. The molecule has 0 saturated carbocycles. The Labute approximate surface area is 161 Å². The summed E-state index contributed by atoms with van der Waals surface area (Å²) in [6, 6.07) is -1.59. The first-order valence-electron chi connectivity index (χ1n) is 8.33. The largest absolute Gasteiger partial charge is 0.472 e. The SMILES string of the molecule is [B][C@@H]1O[C@H](COP(=O)(O)O[C@@H]2C(OC)[C@H]([B])O[C@@H]2COC)[C@H](OC)C1OC. The molecule has 2 rings (SSSR count). The molecule has 2 fully saturated rings. The van der Waals surface area contributed by atoms with Gasteiger partial charge in [0.05, 0.1) is 13.2 Å². The molecule has 2 saturated heterocycles. The molecular weight excluding hydrogens is 381 g/mol. The average molecular weight is 406 g/mol. The smallest absolute Gasteiger partial charge is 0.382 e. The van der Waals surface area contributed by atoms with E-state index in [0.29, 0.717) is 0 Å². The molecule has 2 aliphatic heterocycles. The van der Waals surface area contributed by atoms with Gasteiger partial charge in [0, 0.05) is 40.4 Å². The highest BCUT2D eigenvalue weighted by Gasteiger charge is 2.48. The fourth-order valence-electron chi connectivity index (χ4n) is 3.25. The maximum Gasteiger partial charge on any atom is 0.472 e. The van der Waals surface area contributed by atoms with Crippen molar-refractivity contribution in [3.8, 4) is 0 Å². The summed E-state index contributed by atoms with van der Waals surface area (Å²) >= 11 is 0. The third-order valence-corrected chi connectivity index (χ3v) is 5.48. The third-order valence-electron chi connectivity index (χ3n) is 4.50. The molecule has 27 heavy (non-hydrogen) atoms. The van der Waals surface area contributed by atoms with Crippen molar-refractivity contribution >= 4 is 23.5 Å². The van der Waals surface area contributed by atoms with Crippen LogP contribution in [-0.4, -0.2) is 111 Å². The van der Waals surface area contributed by atoms with Gasteiger partial charge in [0.15, 0.2) is 0 Å². The Morgan fingerprint density at radius 1 is 0.852 bits per heavy atom. The van der Waals surface area contributed by atoms with Crippen LogP contribution in [0.2, 0.25) is 0 Å². The van der Waals surface area contributed by atoms with Gasteiger partial charge in [0.1, 0.15) is 52.3 Å². The van der Waals surface area contributed by atoms with Crippen molar-refractivity contribution in [3.63, 3.8) is 0 Å². The summed E-state index contributed by atoms with van der Waals surface area (Å²) in [6.45, 7) is -0.202.